The Morgan fingerprint density at radius 1 is 0.906 bits per heavy atom. The average molecular weight is 434 g/mol. The molecule has 0 spiro atoms. The van der Waals surface area contributed by atoms with Crippen molar-refractivity contribution < 1.29 is 14.3 Å². The van der Waals surface area contributed by atoms with E-state index in [4.69, 9.17) is 9.47 Å². The number of carbonyl (C=O) groups excluding carboxylic acids is 1. The molecule has 2 N–H and O–H groups in total. The van der Waals surface area contributed by atoms with Gasteiger partial charge in [0, 0.05) is 36.1 Å². The molecule has 166 valence electrons. The van der Waals surface area contributed by atoms with Crippen molar-refractivity contribution in [1.82, 2.24) is 9.97 Å². The quantitative estimate of drug-likeness (QED) is 0.571. The molecule has 8 heteroatoms. The van der Waals surface area contributed by atoms with Crippen molar-refractivity contribution >= 4 is 28.9 Å². The van der Waals surface area contributed by atoms with E-state index in [0.29, 0.717) is 22.7 Å². The van der Waals surface area contributed by atoms with Gasteiger partial charge in [-0.3, -0.25) is 4.79 Å². The molecule has 0 atom stereocenters. The highest BCUT2D eigenvalue weighted by Gasteiger charge is 2.15. The van der Waals surface area contributed by atoms with Gasteiger partial charge in [0.2, 0.25) is 0 Å². The first-order valence-corrected chi connectivity index (χ1v) is 10.6. The summed E-state index contributed by atoms with van der Waals surface area (Å²) in [6.45, 7) is 3.96. The first kappa shape index (κ1) is 21.4. The van der Waals surface area contributed by atoms with Gasteiger partial charge in [-0.25, -0.2) is 9.97 Å². The van der Waals surface area contributed by atoms with Crippen LogP contribution in [-0.2, 0) is 0 Å². The van der Waals surface area contributed by atoms with Crippen LogP contribution >= 0.6 is 0 Å². The second-order valence-electron chi connectivity index (χ2n) is 7.58. The normalized spacial score (nSPS) is 13.0. The Morgan fingerprint density at radius 3 is 2.28 bits per heavy atom. The fourth-order valence-electron chi connectivity index (χ4n) is 3.69. The van der Waals surface area contributed by atoms with E-state index < -0.39 is 0 Å². The zero-order valence-corrected chi connectivity index (χ0v) is 18.5. The van der Waals surface area contributed by atoms with E-state index in [-0.39, 0.29) is 5.91 Å². The largest absolute Gasteiger partial charge is 0.493 e. The summed E-state index contributed by atoms with van der Waals surface area (Å²) in [5.41, 5.74) is 2.04. The molecule has 8 nitrogen and oxygen atoms in total. The molecule has 1 fully saturated rings. The first-order valence-electron chi connectivity index (χ1n) is 10.6. The Labute approximate surface area is 187 Å². The molecular formula is C24H27N5O3. The zero-order valence-electron chi connectivity index (χ0n) is 18.5. The molecule has 0 bridgehead atoms. The van der Waals surface area contributed by atoms with Gasteiger partial charge >= 0.3 is 0 Å². The summed E-state index contributed by atoms with van der Waals surface area (Å²) in [6, 6.07) is 14.5. The smallest absolute Gasteiger partial charge is 0.255 e. The van der Waals surface area contributed by atoms with Crippen molar-refractivity contribution in [2.24, 2.45) is 0 Å². The third-order valence-corrected chi connectivity index (χ3v) is 5.32. The number of nitrogens with zero attached hydrogens (tertiary/aromatic N) is 3. The SMILES string of the molecule is COc1ccc(C(=O)Nc2ccc(Nc3cc(N4CCCC4)nc(C)n3)cc2)cc1OC. The molecule has 4 rings (SSSR count). The molecule has 1 saturated heterocycles. The number of rotatable bonds is 7. The summed E-state index contributed by atoms with van der Waals surface area (Å²) in [4.78, 5) is 24.0. The third-order valence-electron chi connectivity index (χ3n) is 5.32. The predicted octanol–water partition coefficient (Wildman–Crippen LogP) is 4.40. The van der Waals surface area contributed by atoms with Gasteiger partial charge in [-0.05, 0) is 62.2 Å². The maximum absolute atomic E-state index is 12.6. The number of benzene rings is 2. The Kier molecular flexibility index (Phi) is 6.39. The van der Waals surface area contributed by atoms with E-state index in [9.17, 15) is 4.79 Å². The lowest BCUT2D eigenvalue weighted by Gasteiger charge is -2.18. The minimum absolute atomic E-state index is 0.228. The highest BCUT2D eigenvalue weighted by Crippen LogP contribution is 2.28. The number of aromatic nitrogens is 2. The molecular weight excluding hydrogens is 406 g/mol. The molecule has 1 aliphatic rings. The van der Waals surface area contributed by atoms with Gasteiger partial charge in [0.05, 0.1) is 14.2 Å². The standard InChI is InChI=1S/C24H27N5O3/c1-16-25-22(15-23(26-16)29-12-4-5-13-29)27-18-7-9-19(10-8-18)28-24(30)17-6-11-20(31-2)21(14-17)32-3/h6-11,14-15H,4-5,12-13H2,1-3H3,(H,28,30)(H,25,26,27). The summed E-state index contributed by atoms with van der Waals surface area (Å²) < 4.78 is 10.5. The number of aryl methyl sites for hydroxylation is 1. The Balaban J connectivity index is 1.43. The van der Waals surface area contributed by atoms with Crippen LogP contribution in [0.5, 0.6) is 11.5 Å². The maximum Gasteiger partial charge on any atom is 0.255 e. The van der Waals surface area contributed by atoms with Crippen molar-refractivity contribution in [2.75, 3.05) is 42.8 Å². The van der Waals surface area contributed by atoms with Crippen molar-refractivity contribution in [3.05, 3.63) is 59.9 Å². The van der Waals surface area contributed by atoms with Gasteiger partial charge < -0.3 is 25.0 Å². The van der Waals surface area contributed by atoms with Gasteiger partial charge in [-0.1, -0.05) is 0 Å². The maximum atomic E-state index is 12.6. The zero-order chi connectivity index (χ0) is 22.5. The molecule has 0 radical (unpaired) electrons. The van der Waals surface area contributed by atoms with Crippen LogP contribution in [0.3, 0.4) is 0 Å². The lowest BCUT2D eigenvalue weighted by Crippen LogP contribution is -2.19. The molecule has 1 aliphatic heterocycles. The third kappa shape index (κ3) is 4.91. The lowest BCUT2D eigenvalue weighted by atomic mass is 10.1. The van der Waals surface area contributed by atoms with Crippen molar-refractivity contribution in [3.8, 4) is 11.5 Å². The van der Waals surface area contributed by atoms with Crippen molar-refractivity contribution in [3.63, 3.8) is 0 Å². The van der Waals surface area contributed by atoms with Crippen molar-refractivity contribution in [1.29, 1.82) is 0 Å². The number of hydrogen-bond donors (Lipinski definition) is 2. The number of amides is 1. The van der Waals surface area contributed by atoms with Gasteiger partial charge in [0.15, 0.2) is 11.5 Å². The summed E-state index contributed by atoms with van der Waals surface area (Å²) >= 11 is 0. The topological polar surface area (TPSA) is 88.6 Å². The first-order chi connectivity index (χ1) is 15.6. The monoisotopic (exact) mass is 433 g/mol. The fourth-order valence-corrected chi connectivity index (χ4v) is 3.69. The van der Waals surface area contributed by atoms with Gasteiger partial charge in [-0.2, -0.15) is 0 Å². The van der Waals surface area contributed by atoms with E-state index in [1.165, 1.54) is 12.8 Å². The average Bonchev–Trinajstić information content (AvgIpc) is 3.34. The predicted molar refractivity (Wildman–Crippen MR) is 125 cm³/mol. The Morgan fingerprint density at radius 2 is 1.59 bits per heavy atom. The minimum atomic E-state index is -0.228. The van der Waals surface area contributed by atoms with E-state index in [1.54, 1.807) is 32.4 Å². The van der Waals surface area contributed by atoms with E-state index in [0.717, 1.165) is 36.2 Å². The molecule has 1 aromatic heterocycles. The second-order valence-corrected chi connectivity index (χ2v) is 7.58. The van der Waals surface area contributed by atoms with Crippen LogP contribution in [0.15, 0.2) is 48.5 Å². The van der Waals surface area contributed by atoms with Gasteiger partial charge in [-0.15, -0.1) is 0 Å². The summed E-state index contributed by atoms with van der Waals surface area (Å²) in [6.07, 6.45) is 2.39. The minimum Gasteiger partial charge on any atom is -0.493 e. The molecule has 2 heterocycles. The van der Waals surface area contributed by atoms with E-state index >= 15 is 0 Å². The molecule has 0 saturated carbocycles. The Bertz CT molecular complexity index is 1100. The molecule has 0 unspecified atom stereocenters. The van der Waals surface area contributed by atoms with Crippen LogP contribution in [0.2, 0.25) is 0 Å². The molecule has 1 amide bonds. The van der Waals surface area contributed by atoms with E-state index in [2.05, 4.69) is 25.5 Å². The van der Waals surface area contributed by atoms with Gasteiger partial charge in [0.25, 0.3) is 5.91 Å². The van der Waals surface area contributed by atoms with Crippen LogP contribution in [0, 0.1) is 6.92 Å². The molecule has 2 aromatic carbocycles. The van der Waals surface area contributed by atoms with Crippen LogP contribution in [0.1, 0.15) is 29.0 Å². The molecule has 32 heavy (non-hydrogen) atoms. The van der Waals surface area contributed by atoms with E-state index in [1.807, 2.05) is 37.3 Å². The molecule has 3 aromatic rings. The summed E-state index contributed by atoms with van der Waals surface area (Å²) in [5, 5.41) is 6.23. The van der Waals surface area contributed by atoms with Crippen LogP contribution in [-0.4, -0.2) is 43.2 Å². The number of nitrogens with one attached hydrogen (secondary N) is 2. The molecule has 0 aliphatic carbocycles. The lowest BCUT2D eigenvalue weighted by molar-refractivity contribution is 0.102. The number of anilines is 4. The second kappa shape index (κ2) is 9.55. The van der Waals surface area contributed by atoms with Crippen LogP contribution in [0.25, 0.3) is 0 Å². The number of methoxy groups -OCH3 is 2. The summed E-state index contributed by atoms with van der Waals surface area (Å²) in [7, 11) is 3.10. The number of carbonyl (C=O) groups is 1. The van der Waals surface area contributed by atoms with Gasteiger partial charge in [0.1, 0.15) is 17.5 Å². The fraction of sp³-hybridized carbons (Fsp3) is 0.292. The summed E-state index contributed by atoms with van der Waals surface area (Å²) in [5.74, 6) is 3.29. The highest BCUT2D eigenvalue weighted by atomic mass is 16.5. The highest BCUT2D eigenvalue weighted by molar-refractivity contribution is 6.04. The number of hydrogen-bond acceptors (Lipinski definition) is 7. The van der Waals surface area contributed by atoms with Crippen LogP contribution < -0.4 is 25.0 Å². The number of ether oxygens (including phenoxy) is 2. The van der Waals surface area contributed by atoms with Crippen molar-refractivity contribution in [2.45, 2.75) is 19.8 Å². The Hall–Kier alpha value is -3.81. The van der Waals surface area contributed by atoms with Crippen LogP contribution in [0.4, 0.5) is 23.0 Å².